The van der Waals surface area contributed by atoms with Crippen molar-refractivity contribution in [2.75, 3.05) is 19.0 Å². The summed E-state index contributed by atoms with van der Waals surface area (Å²) < 4.78 is 12.9. The number of aliphatic hydroxyl groups is 1. The van der Waals surface area contributed by atoms with E-state index in [1.54, 1.807) is 13.3 Å². The van der Waals surface area contributed by atoms with Crippen LogP contribution in [0.3, 0.4) is 0 Å². The second kappa shape index (κ2) is 7.89. The van der Waals surface area contributed by atoms with Crippen LogP contribution >= 0.6 is 0 Å². The smallest absolute Gasteiger partial charge is 0.241 e. The van der Waals surface area contributed by atoms with Gasteiger partial charge in [-0.3, -0.25) is 0 Å². The molecule has 8 heteroatoms. The number of aliphatic hydroxyl groups excluding tert-OH is 1. The van der Waals surface area contributed by atoms with E-state index in [0.29, 0.717) is 30.1 Å². The van der Waals surface area contributed by atoms with E-state index in [-0.39, 0.29) is 12.1 Å². The second-order valence-corrected chi connectivity index (χ2v) is 7.61. The molecular weight excluding hydrogens is 358 g/mol. The van der Waals surface area contributed by atoms with Gasteiger partial charge in [0, 0.05) is 37.3 Å². The average molecular weight is 385 g/mol. The van der Waals surface area contributed by atoms with Gasteiger partial charge >= 0.3 is 0 Å². The normalized spacial score (nSPS) is 21.1. The molecule has 3 heterocycles. The highest BCUT2D eigenvalue weighted by molar-refractivity contribution is 5.78. The maximum Gasteiger partial charge on any atom is 0.241 e. The highest BCUT2D eigenvalue weighted by atomic mass is 16.5. The molecule has 1 fully saturated rings. The van der Waals surface area contributed by atoms with Crippen molar-refractivity contribution in [3.05, 3.63) is 30.0 Å². The van der Waals surface area contributed by atoms with Crippen molar-refractivity contribution in [3.8, 4) is 11.3 Å². The minimum Gasteiger partial charge on any atom is -0.441 e. The summed E-state index contributed by atoms with van der Waals surface area (Å²) in [5, 5.41) is 17.9. The summed E-state index contributed by atoms with van der Waals surface area (Å²) in [6.07, 6.45) is 6.88. The first kappa shape index (κ1) is 18.9. The molecule has 1 saturated carbocycles. The Morgan fingerprint density at radius 1 is 1.29 bits per heavy atom. The predicted molar refractivity (Wildman–Crippen MR) is 105 cm³/mol. The number of nitrogens with zero attached hydrogens (tertiary/aromatic N) is 4. The van der Waals surface area contributed by atoms with E-state index in [0.717, 1.165) is 42.5 Å². The molecule has 3 aromatic heterocycles. The minimum absolute atomic E-state index is 0.0997. The van der Waals surface area contributed by atoms with E-state index in [9.17, 15) is 5.11 Å². The summed E-state index contributed by atoms with van der Waals surface area (Å²) >= 11 is 0. The van der Waals surface area contributed by atoms with Gasteiger partial charge in [-0.25, -0.2) is 14.5 Å². The number of anilines is 1. The SMILES string of the molecule is COC[C@H](C)Nc1ncc2c(-c3cnc(C)o3)cc(C3CCC(O)CC3)n2n1. The predicted octanol–water partition coefficient (Wildman–Crippen LogP) is 3.16. The van der Waals surface area contributed by atoms with Crippen molar-refractivity contribution < 1.29 is 14.3 Å². The minimum atomic E-state index is -0.194. The molecule has 0 unspecified atom stereocenters. The fraction of sp³-hybridized carbons (Fsp3) is 0.550. The molecule has 150 valence electrons. The summed E-state index contributed by atoms with van der Waals surface area (Å²) in [5.41, 5.74) is 2.95. The molecule has 0 amide bonds. The molecule has 1 aliphatic rings. The molecular formula is C20H27N5O3. The van der Waals surface area contributed by atoms with Crippen molar-refractivity contribution in [1.29, 1.82) is 0 Å². The molecule has 0 aliphatic heterocycles. The lowest BCUT2D eigenvalue weighted by Gasteiger charge is -2.25. The van der Waals surface area contributed by atoms with Gasteiger partial charge in [0.2, 0.25) is 5.95 Å². The molecule has 0 spiro atoms. The largest absolute Gasteiger partial charge is 0.441 e. The van der Waals surface area contributed by atoms with Crippen LogP contribution in [-0.4, -0.2) is 50.6 Å². The molecule has 1 atom stereocenters. The molecule has 28 heavy (non-hydrogen) atoms. The molecule has 0 radical (unpaired) electrons. The summed E-state index contributed by atoms with van der Waals surface area (Å²) in [6.45, 7) is 4.43. The van der Waals surface area contributed by atoms with Crippen molar-refractivity contribution in [2.24, 2.45) is 0 Å². The lowest BCUT2D eigenvalue weighted by atomic mass is 9.85. The van der Waals surface area contributed by atoms with Crippen LogP contribution in [0.1, 0.15) is 50.1 Å². The van der Waals surface area contributed by atoms with E-state index in [2.05, 4.69) is 21.4 Å². The van der Waals surface area contributed by atoms with Crippen LogP contribution in [0.4, 0.5) is 5.95 Å². The number of hydrogen-bond donors (Lipinski definition) is 2. The Balaban J connectivity index is 1.76. The Labute approximate surface area is 163 Å². The van der Waals surface area contributed by atoms with E-state index in [4.69, 9.17) is 14.3 Å². The third kappa shape index (κ3) is 3.74. The van der Waals surface area contributed by atoms with Crippen LogP contribution in [-0.2, 0) is 4.74 Å². The van der Waals surface area contributed by atoms with Crippen LogP contribution in [0, 0.1) is 6.92 Å². The standard InChI is InChI=1S/C20H27N5O3/c1-12(11-27-3)23-20-22-9-18-16(19-10-21-13(2)28-19)8-17(25(18)24-20)14-4-6-15(26)7-5-14/h8-10,12,14-15,26H,4-7,11H2,1-3H3,(H,23,24)/t12-,14?,15?/m0/s1. The van der Waals surface area contributed by atoms with E-state index in [1.165, 1.54) is 0 Å². The lowest BCUT2D eigenvalue weighted by Crippen LogP contribution is -2.23. The number of rotatable bonds is 6. The van der Waals surface area contributed by atoms with Gasteiger partial charge in [-0.1, -0.05) is 0 Å². The number of aryl methyl sites for hydroxylation is 1. The Morgan fingerprint density at radius 2 is 2.07 bits per heavy atom. The summed E-state index contributed by atoms with van der Waals surface area (Å²) in [5.74, 6) is 2.25. The highest BCUT2D eigenvalue weighted by Crippen LogP contribution is 2.37. The zero-order chi connectivity index (χ0) is 19.7. The number of nitrogens with one attached hydrogen (secondary N) is 1. The Kier molecular flexibility index (Phi) is 5.32. The highest BCUT2D eigenvalue weighted by Gasteiger charge is 2.26. The average Bonchev–Trinajstić information content (AvgIpc) is 3.26. The van der Waals surface area contributed by atoms with Crippen LogP contribution in [0.25, 0.3) is 16.8 Å². The summed E-state index contributed by atoms with van der Waals surface area (Å²) in [4.78, 5) is 8.72. The quantitative estimate of drug-likeness (QED) is 0.672. The molecule has 4 rings (SSSR count). The van der Waals surface area contributed by atoms with Gasteiger partial charge < -0.3 is 19.6 Å². The maximum absolute atomic E-state index is 9.89. The Hall–Kier alpha value is -2.45. The first-order chi connectivity index (χ1) is 13.5. The van der Waals surface area contributed by atoms with Gasteiger partial charge in [0.05, 0.1) is 30.6 Å². The molecule has 1 aliphatic carbocycles. The van der Waals surface area contributed by atoms with Crippen LogP contribution in [0.2, 0.25) is 0 Å². The van der Waals surface area contributed by atoms with Crippen molar-refractivity contribution in [2.45, 2.75) is 57.6 Å². The van der Waals surface area contributed by atoms with Crippen LogP contribution in [0.5, 0.6) is 0 Å². The lowest BCUT2D eigenvalue weighted by molar-refractivity contribution is 0.121. The van der Waals surface area contributed by atoms with Gasteiger partial charge in [0.1, 0.15) is 0 Å². The van der Waals surface area contributed by atoms with Crippen LogP contribution in [0.15, 0.2) is 22.9 Å². The first-order valence-electron chi connectivity index (χ1n) is 9.80. The van der Waals surface area contributed by atoms with Gasteiger partial charge in [-0.05, 0) is 38.7 Å². The van der Waals surface area contributed by atoms with Gasteiger partial charge in [-0.2, -0.15) is 0 Å². The number of hydrogen-bond acceptors (Lipinski definition) is 7. The summed E-state index contributed by atoms with van der Waals surface area (Å²) in [7, 11) is 1.68. The molecule has 0 bridgehead atoms. The maximum atomic E-state index is 9.89. The Bertz CT molecular complexity index is 943. The van der Waals surface area contributed by atoms with Crippen LogP contribution < -0.4 is 5.32 Å². The number of ether oxygens (including phenoxy) is 1. The fourth-order valence-electron chi connectivity index (χ4n) is 3.94. The number of methoxy groups -OCH3 is 1. The van der Waals surface area contributed by atoms with Gasteiger partial charge in [0.15, 0.2) is 11.7 Å². The monoisotopic (exact) mass is 385 g/mol. The topological polar surface area (TPSA) is 97.7 Å². The van der Waals surface area contributed by atoms with Crippen molar-refractivity contribution in [3.63, 3.8) is 0 Å². The van der Waals surface area contributed by atoms with Gasteiger partial charge in [0.25, 0.3) is 0 Å². The fourth-order valence-corrected chi connectivity index (χ4v) is 3.94. The van der Waals surface area contributed by atoms with Crippen molar-refractivity contribution >= 4 is 11.5 Å². The van der Waals surface area contributed by atoms with Gasteiger partial charge in [-0.15, -0.1) is 5.10 Å². The van der Waals surface area contributed by atoms with E-state index < -0.39 is 0 Å². The molecule has 0 aromatic carbocycles. The van der Waals surface area contributed by atoms with Crippen molar-refractivity contribution in [1.82, 2.24) is 19.6 Å². The second-order valence-electron chi connectivity index (χ2n) is 7.61. The third-order valence-electron chi connectivity index (χ3n) is 5.34. The zero-order valence-corrected chi connectivity index (χ0v) is 16.6. The summed E-state index contributed by atoms with van der Waals surface area (Å²) in [6, 6.07) is 2.23. The first-order valence-corrected chi connectivity index (χ1v) is 9.80. The molecule has 2 N–H and O–H groups in total. The third-order valence-corrected chi connectivity index (χ3v) is 5.34. The van der Waals surface area contributed by atoms with E-state index >= 15 is 0 Å². The van der Waals surface area contributed by atoms with E-state index in [1.807, 2.05) is 24.6 Å². The molecule has 8 nitrogen and oxygen atoms in total. The zero-order valence-electron chi connectivity index (χ0n) is 16.6. The number of fused-ring (bicyclic) bond motifs is 1. The number of aromatic nitrogens is 4. The molecule has 3 aromatic rings. The molecule has 0 saturated heterocycles. The Morgan fingerprint density at radius 3 is 2.75 bits per heavy atom. The number of oxazole rings is 1.